The summed E-state index contributed by atoms with van der Waals surface area (Å²) in [7, 11) is 0. The second-order valence-electron chi connectivity index (χ2n) is 4.86. The molecular weight excluding hydrogens is 330 g/mol. The van der Waals surface area contributed by atoms with Gasteiger partial charge in [0.2, 0.25) is 5.91 Å². The number of anilines is 1. The molecule has 2 aromatic carbocycles. The second kappa shape index (κ2) is 8.12. The molecular formula is C17H16ClN3O3. The van der Waals surface area contributed by atoms with Crippen LogP contribution in [0.25, 0.3) is 0 Å². The van der Waals surface area contributed by atoms with Crippen molar-refractivity contribution in [1.29, 1.82) is 0 Å². The molecule has 3 amide bonds. The van der Waals surface area contributed by atoms with E-state index in [-0.39, 0.29) is 23.8 Å². The fourth-order valence-corrected chi connectivity index (χ4v) is 1.99. The summed E-state index contributed by atoms with van der Waals surface area (Å²) in [6.07, 6.45) is 0.245. The van der Waals surface area contributed by atoms with Crippen LogP contribution in [0.1, 0.15) is 34.1 Å². The minimum Gasteiger partial charge on any atom is -0.321 e. The Morgan fingerprint density at radius 2 is 1.58 bits per heavy atom. The summed E-state index contributed by atoms with van der Waals surface area (Å²) < 4.78 is 0. The SMILES string of the molecule is CCC(=O)NNC(=O)c1ccccc1NC(=O)c1ccc(Cl)cc1. The van der Waals surface area contributed by atoms with Gasteiger partial charge in [0.05, 0.1) is 11.3 Å². The van der Waals surface area contributed by atoms with Crippen LogP contribution >= 0.6 is 11.6 Å². The molecule has 0 unspecified atom stereocenters. The average molecular weight is 346 g/mol. The van der Waals surface area contributed by atoms with E-state index in [0.29, 0.717) is 16.3 Å². The minimum atomic E-state index is -0.524. The highest BCUT2D eigenvalue weighted by molar-refractivity contribution is 6.30. The lowest BCUT2D eigenvalue weighted by atomic mass is 10.1. The Bertz CT molecular complexity index is 760. The van der Waals surface area contributed by atoms with Gasteiger partial charge in [0.15, 0.2) is 0 Å². The summed E-state index contributed by atoms with van der Waals surface area (Å²) in [4.78, 5) is 35.6. The number of hydrazine groups is 1. The van der Waals surface area contributed by atoms with Gasteiger partial charge in [-0.3, -0.25) is 25.2 Å². The van der Waals surface area contributed by atoms with Gasteiger partial charge in [0.25, 0.3) is 11.8 Å². The van der Waals surface area contributed by atoms with E-state index in [1.807, 2.05) is 0 Å². The highest BCUT2D eigenvalue weighted by Crippen LogP contribution is 2.17. The van der Waals surface area contributed by atoms with E-state index in [0.717, 1.165) is 0 Å². The monoisotopic (exact) mass is 345 g/mol. The molecule has 0 aromatic heterocycles. The lowest BCUT2D eigenvalue weighted by molar-refractivity contribution is -0.121. The molecule has 0 saturated heterocycles. The zero-order valence-electron chi connectivity index (χ0n) is 12.9. The van der Waals surface area contributed by atoms with Crippen LogP contribution in [0.3, 0.4) is 0 Å². The standard InChI is InChI=1S/C17H16ClN3O3/c1-2-15(22)20-21-17(24)13-5-3-4-6-14(13)19-16(23)11-7-9-12(18)10-8-11/h3-10H,2H2,1H3,(H,19,23)(H,20,22)(H,21,24). The summed E-state index contributed by atoms with van der Waals surface area (Å²) >= 11 is 5.80. The number of benzene rings is 2. The molecule has 0 aliphatic rings. The Kier molecular flexibility index (Phi) is 5.92. The van der Waals surface area contributed by atoms with Gasteiger partial charge in [-0.15, -0.1) is 0 Å². The van der Waals surface area contributed by atoms with Gasteiger partial charge in [-0.1, -0.05) is 30.7 Å². The third-order valence-electron chi connectivity index (χ3n) is 3.16. The molecule has 124 valence electrons. The lowest BCUT2D eigenvalue weighted by Gasteiger charge is -2.12. The Morgan fingerprint density at radius 3 is 2.25 bits per heavy atom. The number of nitrogens with one attached hydrogen (secondary N) is 3. The Labute approximate surface area is 144 Å². The smallest absolute Gasteiger partial charge is 0.271 e. The van der Waals surface area contributed by atoms with Crippen LogP contribution in [-0.4, -0.2) is 17.7 Å². The zero-order chi connectivity index (χ0) is 17.5. The first-order valence-corrected chi connectivity index (χ1v) is 7.64. The number of hydrogen-bond donors (Lipinski definition) is 3. The first-order chi connectivity index (χ1) is 11.5. The number of amides is 3. The maximum Gasteiger partial charge on any atom is 0.271 e. The van der Waals surface area contributed by atoms with Crippen molar-refractivity contribution < 1.29 is 14.4 Å². The van der Waals surface area contributed by atoms with Gasteiger partial charge < -0.3 is 5.32 Å². The molecule has 2 aromatic rings. The summed E-state index contributed by atoms with van der Waals surface area (Å²) in [6, 6.07) is 12.9. The Hall–Kier alpha value is -2.86. The van der Waals surface area contributed by atoms with Gasteiger partial charge in [-0.05, 0) is 36.4 Å². The van der Waals surface area contributed by atoms with E-state index in [9.17, 15) is 14.4 Å². The summed E-state index contributed by atoms with van der Waals surface area (Å²) in [5.41, 5.74) is 5.56. The van der Waals surface area contributed by atoms with Gasteiger partial charge >= 0.3 is 0 Å². The minimum absolute atomic E-state index is 0.233. The predicted octanol–water partition coefficient (Wildman–Crippen LogP) is 2.76. The molecule has 0 atom stereocenters. The van der Waals surface area contributed by atoms with Gasteiger partial charge in [-0.25, -0.2) is 0 Å². The van der Waals surface area contributed by atoms with Crippen LogP contribution in [0.4, 0.5) is 5.69 Å². The number of halogens is 1. The Balaban J connectivity index is 2.13. The van der Waals surface area contributed by atoms with Crippen LogP contribution in [-0.2, 0) is 4.79 Å². The third kappa shape index (κ3) is 4.57. The maximum atomic E-state index is 12.3. The predicted molar refractivity (Wildman–Crippen MR) is 91.7 cm³/mol. The van der Waals surface area contributed by atoms with Crippen molar-refractivity contribution >= 4 is 35.0 Å². The van der Waals surface area contributed by atoms with Crippen LogP contribution in [0.15, 0.2) is 48.5 Å². The molecule has 0 spiro atoms. The molecule has 0 fully saturated rings. The van der Waals surface area contributed by atoms with E-state index in [1.165, 1.54) is 0 Å². The summed E-state index contributed by atoms with van der Waals surface area (Å²) in [5.74, 6) is -1.21. The average Bonchev–Trinajstić information content (AvgIpc) is 2.60. The molecule has 0 saturated carbocycles. The number of carbonyl (C=O) groups is 3. The quantitative estimate of drug-likeness (QED) is 0.744. The summed E-state index contributed by atoms with van der Waals surface area (Å²) in [6.45, 7) is 1.67. The zero-order valence-corrected chi connectivity index (χ0v) is 13.7. The molecule has 2 rings (SSSR count). The largest absolute Gasteiger partial charge is 0.321 e. The van der Waals surface area contributed by atoms with Gasteiger partial charge in [-0.2, -0.15) is 0 Å². The van der Waals surface area contributed by atoms with Crippen molar-refractivity contribution in [3.63, 3.8) is 0 Å². The van der Waals surface area contributed by atoms with Crippen molar-refractivity contribution in [3.8, 4) is 0 Å². The van der Waals surface area contributed by atoms with Crippen LogP contribution in [0.5, 0.6) is 0 Å². The number of para-hydroxylation sites is 1. The van der Waals surface area contributed by atoms with Crippen molar-refractivity contribution in [2.24, 2.45) is 0 Å². The first-order valence-electron chi connectivity index (χ1n) is 7.26. The van der Waals surface area contributed by atoms with Crippen molar-refractivity contribution in [2.75, 3.05) is 5.32 Å². The fourth-order valence-electron chi connectivity index (χ4n) is 1.87. The normalized spacial score (nSPS) is 9.92. The Morgan fingerprint density at radius 1 is 0.917 bits per heavy atom. The molecule has 7 heteroatoms. The first kappa shape index (κ1) is 17.5. The molecule has 3 N–H and O–H groups in total. The number of hydrogen-bond acceptors (Lipinski definition) is 3. The molecule has 0 radical (unpaired) electrons. The molecule has 0 aliphatic heterocycles. The van der Waals surface area contributed by atoms with E-state index in [2.05, 4.69) is 16.2 Å². The second-order valence-corrected chi connectivity index (χ2v) is 5.30. The fraction of sp³-hybridized carbons (Fsp3) is 0.118. The molecule has 6 nitrogen and oxygen atoms in total. The topological polar surface area (TPSA) is 87.3 Å². The third-order valence-corrected chi connectivity index (χ3v) is 3.41. The van der Waals surface area contributed by atoms with Crippen LogP contribution < -0.4 is 16.2 Å². The molecule has 0 aliphatic carbocycles. The van der Waals surface area contributed by atoms with E-state index in [1.54, 1.807) is 55.5 Å². The van der Waals surface area contributed by atoms with Gasteiger partial charge in [0, 0.05) is 17.0 Å². The van der Waals surface area contributed by atoms with Crippen molar-refractivity contribution in [1.82, 2.24) is 10.9 Å². The molecule has 24 heavy (non-hydrogen) atoms. The van der Waals surface area contributed by atoms with Gasteiger partial charge in [0.1, 0.15) is 0 Å². The number of rotatable bonds is 4. The van der Waals surface area contributed by atoms with Crippen LogP contribution in [0, 0.1) is 0 Å². The summed E-state index contributed by atoms with van der Waals surface area (Å²) in [5, 5.41) is 3.20. The maximum absolute atomic E-state index is 12.3. The molecule has 0 bridgehead atoms. The molecule has 0 heterocycles. The van der Waals surface area contributed by atoms with E-state index >= 15 is 0 Å². The highest BCUT2D eigenvalue weighted by atomic mass is 35.5. The van der Waals surface area contributed by atoms with Crippen molar-refractivity contribution in [3.05, 3.63) is 64.7 Å². The highest BCUT2D eigenvalue weighted by Gasteiger charge is 2.14. The number of carbonyl (C=O) groups excluding carboxylic acids is 3. The van der Waals surface area contributed by atoms with Crippen molar-refractivity contribution in [2.45, 2.75) is 13.3 Å². The van der Waals surface area contributed by atoms with E-state index in [4.69, 9.17) is 11.6 Å². The van der Waals surface area contributed by atoms with E-state index < -0.39 is 5.91 Å². The van der Waals surface area contributed by atoms with Crippen LogP contribution in [0.2, 0.25) is 5.02 Å². The lowest BCUT2D eigenvalue weighted by Crippen LogP contribution is -2.41.